The fraction of sp³-hybridized carbons (Fsp3) is 0.412. The first-order valence-electron chi connectivity index (χ1n) is 15.6. The standard InChI is InChI=1S/C34H36F3N5O4/c1-21-26-16-25(46-29-6-8-39-32-27(29)17-30(40-32)33(44)19-45-20-33)5-4-23(26)7-11-42(21)31(43)15-22-2-3-24(28(14-22)34(35,36)37)18-41-12-9-38-10-13-41/h2-6,8,14,16-17,21,38,44H,7,9-13,15,18-20H2,1H3,(H,39,40)/t21-/m0/s1. The number of halogens is 3. The molecule has 9 nitrogen and oxygen atoms in total. The molecule has 0 bridgehead atoms. The molecule has 1 amide bonds. The first-order chi connectivity index (χ1) is 22.1. The maximum absolute atomic E-state index is 14.1. The third kappa shape index (κ3) is 5.97. The van der Waals surface area contributed by atoms with E-state index in [0.29, 0.717) is 54.5 Å². The first kappa shape index (κ1) is 30.7. The quantitative estimate of drug-likeness (QED) is 0.271. The largest absolute Gasteiger partial charge is 0.457 e. The van der Waals surface area contributed by atoms with Crippen LogP contribution in [0.1, 0.15) is 46.5 Å². The highest BCUT2D eigenvalue weighted by Gasteiger charge is 2.40. The lowest BCUT2D eigenvalue weighted by molar-refractivity contribution is -0.186. The molecule has 46 heavy (non-hydrogen) atoms. The van der Waals surface area contributed by atoms with Gasteiger partial charge in [0.05, 0.1) is 42.3 Å². The summed E-state index contributed by atoms with van der Waals surface area (Å²) in [6, 6.07) is 13.4. The van der Waals surface area contributed by atoms with Gasteiger partial charge in [0.1, 0.15) is 17.1 Å². The number of rotatable bonds is 7. The Bertz CT molecular complexity index is 1760. The van der Waals surface area contributed by atoms with Gasteiger partial charge in [-0.1, -0.05) is 18.2 Å². The van der Waals surface area contributed by atoms with Crippen LogP contribution >= 0.6 is 0 Å². The second kappa shape index (κ2) is 12.0. The second-order valence-electron chi connectivity index (χ2n) is 12.4. The van der Waals surface area contributed by atoms with E-state index in [9.17, 15) is 23.1 Å². The Morgan fingerprint density at radius 1 is 1.11 bits per heavy atom. The van der Waals surface area contributed by atoms with Crippen LogP contribution in [0.15, 0.2) is 54.7 Å². The molecule has 7 rings (SSSR count). The molecule has 0 spiro atoms. The summed E-state index contributed by atoms with van der Waals surface area (Å²) in [6.07, 6.45) is -2.37. The van der Waals surface area contributed by atoms with E-state index >= 15 is 0 Å². The number of nitrogens with one attached hydrogen (secondary N) is 2. The molecule has 0 saturated carbocycles. The van der Waals surface area contributed by atoms with Crippen LogP contribution in [0, 0.1) is 0 Å². The second-order valence-corrected chi connectivity index (χ2v) is 12.4. The van der Waals surface area contributed by atoms with Gasteiger partial charge >= 0.3 is 6.18 Å². The topological polar surface area (TPSA) is 103 Å². The third-order valence-corrected chi connectivity index (χ3v) is 9.32. The minimum atomic E-state index is -4.51. The van der Waals surface area contributed by atoms with E-state index in [1.165, 1.54) is 6.07 Å². The summed E-state index contributed by atoms with van der Waals surface area (Å²) in [5.41, 5.74) is 2.05. The number of aliphatic hydroxyl groups is 1. The molecule has 2 aromatic heterocycles. The molecule has 1 atom stereocenters. The van der Waals surface area contributed by atoms with Crippen molar-refractivity contribution < 1.29 is 32.5 Å². The molecule has 12 heteroatoms. The Labute approximate surface area is 264 Å². The fourth-order valence-corrected chi connectivity index (χ4v) is 6.64. The molecule has 3 N–H and O–H groups in total. The molecular weight excluding hydrogens is 599 g/mol. The van der Waals surface area contributed by atoms with E-state index in [1.54, 1.807) is 23.2 Å². The van der Waals surface area contributed by atoms with Crippen molar-refractivity contribution in [1.82, 2.24) is 25.1 Å². The number of fused-ring (bicyclic) bond motifs is 2. The molecular formula is C34H36F3N5O4. The monoisotopic (exact) mass is 635 g/mol. The average molecular weight is 636 g/mol. The van der Waals surface area contributed by atoms with E-state index in [-0.39, 0.29) is 43.7 Å². The average Bonchev–Trinajstić information content (AvgIpc) is 3.47. The number of nitrogens with zero attached hydrogens (tertiary/aromatic N) is 3. The van der Waals surface area contributed by atoms with Crippen LogP contribution in [0.25, 0.3) is 11.0 Å². The van der Waals surface area contributed by atoms with E-state index in [4.69, 9.17) is 9.47 Å². The number of hydrogen-bond acceptors (Lipinski definition) is 7. The van der Waals surface area contributed by atoms with Gasteiger partial charge < -0.3 is 29.8 Å². The van der Waals surface area contributed by atoms with Crippen LogP contribution in [-0.2, 0) is 40.7 Å². The maximum atomic E-state index is 14.1. The molecule has 2 aromatic carbocycles. The summed E-state index contributed by atoms with van der Waals surface area (Å²) in [7, 11) is 0. The normalized spacial score (nSPS) is 19.9. The SMILES string of the molecule is C[C@H]1c2cc(Oc3ccnc4[nH]c(C5(O)COC5)cc34)ccc2CCN1C(=O)Cc1ccc(CN2CCNCC2)c(C(F)(F)F)c1. The fourth-order valence-electron chi connectivity index (χ4n) is 6.64. The van der Waals surface area contributed by atoms with Gasteiger partial charge in [-0.3, -0.25) is 9.69 Å². The highest BCUT2D eigenvalue weighted by Crippen LogP contribution is 2.38. The summed E-state index contributed by atoms with van der Waals surface area (Å²) < 4.78 is 53.8. The molecule has 2 saturated heterocycles. The van der Waals surface area contributed by atoms with Crippen LogP contribution in [0.2, 0.25) is 0 Å². The summed E-state index contributed by atoms with van der Waals surface area (Å²) in [5, 5.41) is 14.6. The lowest BCUT2D eigenvalue weighted by atomic mass is 9.92. The lowest BCUT2D eigenvalue weighted by Crippen LogP contribution is -2.46. The van der Waals surface area contributed by atoms with Gasteiger partial charge in [0, 0.05) is 45.5 Å². The van der Waals surface area contributed by atoms with Gasteiger partial charge in [0.15, 0.2) is 5.60 Å². The minimum absolute atomic E-state index is 0.116. The van der Waals surface area contributed by atoms with Gasteiger partial charge in [0.2, 0.25) is 5.91 Å². The summed E-state index contributed by atoms with van der Waals surface area (Å²) in [4.78, 5) is 24.8. The third-order valence-electron chi connectivity index (χ3n) is 9.32. The Morgan fingerprint density at radius 3 is 2.65 bits per heavy atom. The van der Waals surface area contributed by atoms with Crippen molar-refractivity contribution in [3.05, 3.63) is 88.2 Å². The zero-order valence-electron chi connectivity index (χ0n) is 25.5. The molecule has 5 heterocycles. The Kier molecular flexibility index (Phi) is 8.00. The van der Waals surface area contributed by atoms with Crippen LogP contribution in [0.5, 0.6) is 11.5 Å². The number of amides is 1. The van der Waals surface area contributed by atoms with Crippen LogP contribution in [0.4, 0.5) is 13.2 Å². The number of carbonyl (C=O) groups is 1. The molecule has 0 radical (unpaired) electrons. The van der Waals surface area contributed by atoms with Crippen molar-refractivity contribution in [2.45, 2.75) is 44.1 Å². The predicted octanol–water partition coefficient (Wildman–Crippen LogP) is 4.69. The van der Waals surface area contributed by atoms with Crippen molar-refractivity contribution in [3.8, 4) is 11.5 Å². The van der Waals surface area contributed by atoms with Crippen molar-refractivity contribution in [2.24, 2.45) is 0 Å². The van der Waals surface area contributed by atoms with E-state index in [0.717, 1.165) is 35.7 Å². The summed E-state index contributed by atoms with van der Waals surface area (Å²) >= 11 is 0. The number of carbonyl (C=O) groups excluding carboxylic acids is 1. The van der Waals surface area contributed by atoms with Crippen LogP contribution < -0.4 is 10.1 Å². The molecule has 4 aromatic rings. The predicted molar refractivity (Wildman–Crippen MR) is 164 cm³/mol. The summed E-state index contributed by atoms with van der Waals surface area (Å²) in [6.45, 7) is 5.94. The highest BCUT2D eigenvalue weighted by atomic mass is 19.4. The van der Waals surface area contributed by atoms with Crippen molar-refractivity contribution >= 4 is 16.9 Å². The minimum Gasteiger partial charge on any atom is -0.457 e. The van der Waals surface area contributed by atoms with Gasteiger partial charge in [-0.05, 0) is 65.9 Å². The number of H-pyrrole nitrogens is 1. The number of pyridine rings is 1. The van der Waals surface area contributed by atoms with E-state index in [2.05, 4.69) is 15.3 Å². The number of aromatic nitrogens is 2. The number of alkyl halides is 3. The molecule has 3 aliphatic heterocycles. The Balaban J connectivity index is 1.08. The highest BCUT2D eigenvalue weighted by molar-refractivity contribution is 5.84. The van der Waals surface area contributed by atoms with Gasteiger partial charge in [-0.2, -0.15) is 13.2 Å². The molecule has 0 unspecified atom stereocenters. The van der Waals surface area contributed by atoms with Gasteiger partial charge in [-0.25, -0.2) is 4.98 Å². The number of aromatic amines is 1. The van der Waals surface area contributed by atoms with Crippen molar-refractivity contribution in [2.75, 3.05) is 45.9 Å². The molecule has 3 aliphatic rings. The van der Waals surface area contributed by atoms with Gasteiger partial charge in [0.25, 0.3) is 0 Å². The molecule has 0 aliphatic carbocycles. The summed E-state index contributed by atoms with van der Waals surface area (Å²) in [5.74, 6) is 0.922. The molecule has 2 fully saturated rings. The van der Waals surface area contributed by atoms with Crippen molar-refractivity contribution in [3.63, 3.8) is 0 Å². The lowest BCUT2D eigenvalue weighted by Gasteiger charge is -2.35. The van der Waals surface area contributed by atoms with E-state index in [1.807, 2.05) is 36.1 Å². The molecule has 242 valence electrons. The van der Waals surface area contributed by atoms with E-state index < -0.39 is 17.3 Å². The Hall–Kier alpha value is -3.97. The van der Waals surface area contributed by atoms with Gasteiger partial charge in [-0.15, -0.1) is 0 Å². The smallest absolute Gasteiger partial charge is 0.416 e. The zero-order valence-corrected chi connectivity index (χ0v) is 25.5. The number of benzene rings is 2. The maximum Gasteiger partial charge on any atom is 0.416 e. The Morgan fingerprint density at radius 2 is 1.91 bits per heavy atom. The van der Waals surface area contributed by atoms with Crippen LogP contribution in [-0.4, -0.2) is 76.7 Å². The zero-order chi connectivity index (χ0) is 32.1. The number of piperazine rings is 1. The number of hydrogen-bond donors (Lipinski definition) is 3. The number of ether oxygens (including phenoxy) is 2. The van der Waals surface area contributed by atoms with Crippen LogP contribution in [0.3, 0.4) is 0 Å². The van der Waals surface area contributed by atoms with Crippen molar-refractivity contribution in [1.29, 1.82) is 0 Å². The first-order valence-corrected chi connectivity index (χ1v) is 15.6.